The van der Waals surface area contributed by atoms with Gasteiger partial charge in [0.15, 0.2) is 0 Å². The lowest BCUT2D eigenvalue weighted by Gasteiger charge is -2.39. The lowest BCUT2D eigenvalue weighted by Crippen LogP contribution is -2.30. The van der Waals surface area contributed by atoms with Crippen LogP contribution in [0.1, 0.15) is 44.7 Å². The molecule has 2 rings (SSSR count). The molecule has 1 aliphatic rings. The molecule has 3 nitrogen and oxygen atoms in total. The first kappa shape index (κ1) is 10.9. The van der Waals surface area contributed by atoms with Crippen molar-refractivity contribution in [2.24, 2.45) is 12.5 Å². The van der Waals surface area contributed by atoms with Gasteiger partial charge in [-0.05, 0) is 24.7 Å². The largest absolute Gasteiger partial charge is 0.255 e. The highest BCUT2D eigenvalue weighted by atomic mass is 35.5. The van der Waals surface area contributed by atoms with Crippen LogP contribution in [0.4, 0.5) is 0 Å². The highest BCUT2D eigenvalue weighted by Gasteiger charge is 2.38. The summed E-state index contributed by atoms with van der Waals surface area (Å²) in [6, 6.07) is 0. The van der Waals surface area contributed by atoms with Crippen molar-refractivity contribution in [3.05, 3.63) is 11.9 Å². The van der Waals surface area contributed by atoms with E-state index < -0.39 is 0 Å². The molecule has 1 saturated carbocycles. The lowest BCUT2D eigenvalue weighted by atomic mass is 9.67. The van der Waals surface area contributed by atoms with Gasteiger partial charge in [0.1, 0.15) is 0 Å². The van der Waals surface area contributed by atoms with E-state index in [4.69, 9.17) is 11.6 Å². The van der Waals surface area contributed by atoms with E-state index in [1.54, 1.807) is 4.68 Å². The van der Waals surface area contributed by atoms with Gasteiger partial charge >= 0.3 is 0 Å². The summed E-state index contributed by atoms with van der Waals surface area (Å²) in [5, 5.41) is 8.53. The van der Waals surface area contributed by atoms with E-state index in [9.17, 15) is 0 Å². The Labute approximate surface area is 95.8 Å². The Morgan fingerprint density at radius 2 is 2.27 bits per heavy atom. The molecule has 0 radical (unpaired) electrons. The Bertz CT molecular complexity index is 345. The summed E-state index contributed by atoms with van der Waals surface area (Å²) in [4.78, 5) is 0. The van der Waals surface area contributed by atoms with Crippen LogP contribution >= 0.6 is 11.6 Å². The molecule has 2 unspecified atom stereocenters. The summed E-state index contributed by atoms with van der Waals surface area (Å²) in [6.07, 6.45) is 5.32. The van der Waals surface area contributed by atoms with Crippen LogP contribution in [0.5, 0.6) is 0 Å². The van der Waals surface area contributed by atoms with Crippen LogP contribution < -0.4 is 0 Å². The van der Waals surface area contributed by atoms with Crippen LogP contribution in [0.15, 0.2) is 6.20 Å². The van der Waals surface area contributed by atoms with Gasteiger partial charge in [0.25, 0.3) is 0 Å². The van der Waals surface area contributed by atoms with Crippen molar-refractivity contribution in [1.82, 2.24) is 15.0 Å². The van der Waals surface area contributed by atoms with Crippen molar-refractivity contribution < 1.29 is 0 Å². The van der Waals surface area contributed by atoms with Crippen LogP contribution in [-0.2, 0) is 7.05 Å². The molecule has 0 aliphatic heterocycles. The highest BCUT2D eigenvalue weighted by molar-refractivity contribution is 6.20. The highest BCUT2D eigenvalue weighted by Crippen LogP contribution is 2.47. The number of halogens is 1. The maximum Gasteiger partial charge on any atom is 0.0863 e. The number of nitrogens with zero attached hydrogens (tertiary/aromatic N) is 3. The molecule has 15 heavy (non-hydrogen) atoms. The molecule has 1 fully saturated rings. The summed E-state index contributed by atoms with van der Waals surface area (Å²) in [5.74, 6) is 0.447. The molecule has 4 heteroatoms. The van der Waals surface area contributed by atoms with Gasteiger partial charge in [-0.15, -0.1) is 16.7 Å². The fourth-order valence-corrected chi connectivity index (χ4v) is 2.73. The van der Waals surface area contributed by atoms with Crippen molar-refractivity contribution in [3.63, 3.8) is 0 Å². The summed E-state index contributed by atoms with van der Waals surface area (Å²) >= 11 is 6.24. The van der Waals surface area contributed by atoms with Gasteiger partial charge in [-0.2, -0.15) is 0 Å². The van der Waals surface area contributed by atoms with Crippen LogP contribution in [0, 0.1) is 5.41 Å². The van der Waals surface area contributed by atoms with E-state index in [1.165, 1.54) is 6.42 Å². The quantitative estimate of drug-likeness (QED) is 0.691. The molecule has 0 N–H and O–H groups in total. The Balaban J connectivity index is 2.25. The van der Waals surface area contributed by atoms with E-state index in [1.807, 2.05) is 13.2 Å². The van der Waals surface area contributed by atoms with Crippen LogP contribution in [0.25, 0.3) is 0 Å². The standard InChI is InChI=1S/C11H18ClN3/c1-11(2)5-4-8(12)6-9(11)10-7-15(3)14-13-10/h7-9H,4-6H2,1-3H3. The molecule has 0 aromatic carbocycles. The fraction of sp³-hybridized carbons (Fsp3) is 0.818. The maximum absolute atomic E-state index is 6.24. The zero-order valence-electron chi connectivity index (χ0n) is 9.57. The molecular formula is C11H18ClN3. The first-order chi connectivity index (χ1) is 6.99. The fourth-order valence-electron chi connectivity index (χ4n) is 2.44. The Hall–Kier alpha value is -0.570. The van der Waals surface area contributed by atoms with Crippen molar-refractivity contribution in [1.29, 1.82) is 0 Å². The molecule has 1 heterocycles. The SMILES string of the molecule is Cn1cc(C2CC(Cl)CCC2(C)C)nn1. The van der Waals surface area contributed by atoms with Crippen LogP contribution in [0.2, 0.25) is 0 Å². The van der Waals surface area contributed by atoms with E-state index in [0.29, 0.717) is 16.7 Å². The zero-order valence-corrected chi connectivity index (χ0v) is 10.3. The van der Waals surface area contributed by atoms with E-state index in [-0.39, 0.29) is 0 Å². The summed E-state index contributed by atoms with van der Waals surface area (Å²) < 4.78 is 1.77. The monoisotopic (exact) mass is 227 g/mol. The van der Waals surface area contributed by atoms with Crippen molar-refractivity contribution >= 4 is 11.6 Å². The van der Waals surface area contributed by atoms with E-state index >= 15 is 0 Å². The normalized spacial score (nSPS) is 30.4. The third-order valence-corrected chi connectivity index (χ3v) is 3.91. The van der Waals surface area contributed by atoms with Crippen molar-refractivity contribution in [3.8, 4) is 0 Å². The molecule has 0 amide bonds. The molecule has 0 saturated heterocycles. The molecule has 1 aromatic heterocycles. The number of alkyl halides is 1. The molecular weight excluding hydrogens is 210 g/mol. The second kappa shape index (κ2) is 3.78. The minimum atomic E-state index is 0.293. The number of aromatic nitrogens is 3. The minimum absolute atomic E-state index is 0.293. The molecule has 1 aliphatic carbocycles. The van der Waals surface area contributed by atoms with Crippen molar-refractivity contribution in [2.45, 2.75) is 44.4 Å². The second-order valence-corrected chi connectivity index (χ2v) is 5.85. The topological polar surface area (TPSA) is 30.7 Å². The number of rotatable bonds is 1. The Morgan fingerprint density at radius 3 is 2.87 bits per heavy atom. The van der Waals surface area contributed by atoms with Gasteiger partial charge in [-0.3, -0.25) is 4.68 Å². The predicted molar refractivity (Wildman–Crippen MR) is 61.0 cm³/mol. The molecule has 2 atom stereocenters. The minimum Gasteiger partial charge on any atom is -0.255 e. The molecule has 1 aromatic rings. The molecule has 84 valence electrons. The van der Waals surface area contributed by atoms with Gasteiger partial charge < -0.3 is 0 Å². The van der Waals surface area contributed by atoms with E-state index in [2.05, 4.69) is 24.2 Å². The van der Waals surface area contributed by atoms with Crippen LogP contribution in [0.3, 0.4) is 0 Å². The van der Waals surface area contributed by atoms with Gasteiger partial charge in [-0.25, -0.2) is 0 Å². The summed E-state index contributed by atoms with van der Waals surface area (Å²) in [7, 11) is 1.91. The first-order valence-electron chi connectivity index (χ1n) is 5.49. The van der Waals surface area contributed by atoms with E-state index in [0.717, 1.165) is 18.5 Å². The summed E-state index contributed by atoms with van der Waals surface area (Å²) in [6.45, 7) is 4.60. The third kappa shape index (κ3) is 2.17. The predicted octanol–water partition coefficient (Wildman–Crippen LogP) is 2.72. The Kier molecular flexibility index (Phi) is 2.75. The Morgan fingerprint density at radius 1 is 1.53 bits per heavy atom. The van der Waals surface area contributed by atoms with Crippen molar-refractivity contribution in [2.75, 3.05) is 0 Å². The summed E-state index contributed by atoms with van der Waals surface area (Å²) in [5.41, 5.74) is 1.38. The maximum atomic E-state index is 6.24. The van der Waals surface area contributed by atoms with Gasteiger partial charge in [0, 0.05) is 24.5 Å². The number of hydrogen-bond acceptors (Lipinski definition) is 2. The zero-order chi connectivity index (χ0) is 11.1. The molecule has 0 spiro atoms. The second-order valence-electron chi connectivity index (χ2n) is 5.23. The number of hydrogen-bond donors (Lipinski definition) is 0. The van der Waals surface area contributed by atoms with Crippen LogP contribution in [-0.4, -0.2) is 20.4 Å². The van der Waals surface area contributed by atoms with Gasteiger partial charge in [0.05, 0.1) is 5.69 Å². The smallest absolute Gasteiger partial charge is 0.0863 e. The number of aryl methyl sites for hydroxylation is 1. The first-order valence-corrected chi connectivity index (χ1v) is 5.93. The average molecular weight is 228 g/mol. The van der Waals surface area contributed by atoms with Gasteiger partial charge in [-0.1, -0.05) is 19.1 Å². The third-order valence-electron chi connectivity index (χ3n) is 3.51. The average Bonchev–Trinajstić information content (AvgIpc) is 2.56. The molecule has 0 bridgehead atoms. The van der Waals surface area contributed by atoms with Gasteiger partial charge in [0.2, 0.25) is 0 Å². The lowest BCUT2D eigenvalue weighted by molar-refractivity contribution is 0.199.